The Bertz CT molecular complexity index is 811. The number of anilines is 2. The first-order chi connectivity index (χ1) is 12.6. The van der Waals surface area contributed by atoms with Crippen molar-refractivity contribution in [3.63, 3.8) is 0 Å². The molecule has 2 aromatic rings. The van der Waals surface area contributed by atoms with Gasteiger partial charge in [0, 0.05) is 41.1 Å². The first kappa shape index (κ1) is 17.2. The van der Waals surface area contributed by atoms with Gasteiger partial charge in [-0.25, -0.2) is 0 Å². The molecular formula is C20H24N3O2S+. The molecule has 3 N–H and O–H groups in total. The highest BCUT2D eigenvalue weighted by Gasteiger charge is 2.43. The van der Waals surface area contributed by atoms with Gasteiger partial charge < -0.3 is 15.5 Å². The summed E-state index contributed by atoms with van der Waals surface area (Å²) in [6.07, 6.45) is 3.65. The number of hydrogen-bond donors (Lipinski definition) is 3. The number of amides is 2. The number of rotatable bonds is 5. The molecular weight excluding hydrogens is 346 g/mol. The van der Waals surface area contributed by atoms with E-state index < -0.39 is 0 Å². The average Bonchev–Trinajstić information content (AvgIpc) is 3.32. The second kappa shape index (κ2) is 7.21. The van der Waals surface area contributed by atoms with E-state index in [2.05, 4.69) is 22.1 Å². The largest absolute Gasteiger partial charge is 0.326 e. The van der Waals surface area contributed by atoms with E-state index in [4.69, 9.17) is 0 Å². The molecule has 1 saturated carbocycles. The summed E-state index contributed by atoms with van der Waals surface area (Å²) in [6, 6.07) is 10.00. The lowest BCUT2D eigenvalue weighted by molar-refractivity contribution is -0.928. The number of hydrogen-bond acceptors (Lipinski definition) is 3. The Labute approximate surface area is 157 Å². The highest BCUT2D eigenvalue weighted by molar-refractivity contribution is 7.10. The van der Waals surface area contributed by atoms with Crippen LogP contribution < -0.4 is 15.5 Å². The predicted molar refractivity (Wildman–Crippen MR) is 104 cm³/mol. The van der Waals surface area contributed by atoms with Crippen LogP contribution >= 0.6 is 11.3 Å². The Morgan fingerprint density at radius 3 is 2.46 bits per heavy atom. The quantitative estimate of drug-likeness (QED) is 0.756. The van der Waals surface area contributed by atoms with Crippen LogP contribution in [0.4, 0.5) is 11.4 Å². The maximum Gasteiger partial charge on any atom is 0.279 e. The van der Waals surface area contributed by atoms with E-state index in [-0.39, 0.29) is 11.8 Å². The van der Waals surface area contributed by atoms with Crippen LogP contribution in [-0.2, 0) is 16.0 Å². The summed E-state index contributed by atoms with van der Waals surface area (Å²) >= 11 is 1.86. The van der Waals surface area contributed by atoms with Gasteiger partial charge in [-0.15, -0.1) is 11.3 Å². The van der Waals surface area contributed by atoms with E-state index in [0.29, 0.717) is 12.6 Å². The van der Waals surface area contributed by atoms with Crippen LogP contribution in [0.3, 0.4) is 0 Å². The average molecular weight is 370 g/mol. The van der Waals surface area contributed by atoms with Crippen molar-refractivity contribution in [3.8, 4) is 0 Å². The van der Waals surface area contributed by atoms with Crippen molar-refractivity contribution in [2.45, 2.75) is 32.2 Å². The van der Waals surface area contributed by atoms with Crippen LogP contribution in [0.25, 0.3) is 0 Å². The summed E-state index contributed by atoms with van der Waals surface area (Å²) in [7, 11) is 0. The maximum atomic E-state index is 12.6. The zero-order valence-electron chi connectivity index (χ0n) is 14.9. The van der Waals surface area contributed by atoms with E-state index in [0.717, 1.165) is 30.3 Å². The summed E-state index contributed by atoms with van der Waals surface area (Å²) in [5.41, 5.74) is 2.97. The number of quaternary nitrogens is 1. The van der Waals surface area contributed by atoms with Crippen molar-refractivity contribution < 1.29 is 14.5 Å². The minimum Gasteiger partial charge on any atom is -0.326 e. The van der Waals surface area contributed by atoms with Gasteiger partial charge in [0.2, 0.25) is 5.91 Å². The highest BCUT2D eigenvalue weighted by Crippen LogP contribution is 2.42. The molecule has 4 rings (SSSR count). The normalized spacial score (nSPS) is 21.7. The van der Waals surface area contributed by atoms with Crippen molar-refractivity contribution in [2.75, 3.05) is 23.7 Å². The lowest BCUT2D eigenvalue weighted by Gasteiger charge is -2.32. The molecule has 1 fully saturated rings. The van der Waals surface area contributed by atoms with Crippen LogP contribution in [0.2, 0.25) is 0 Å². The van der Waals surface area contributed by atoms with Crippen LogP contribution in [0.1, 0.15) is 36.2 Å². The third-order valence-electron chi connectivity index (χ3n) is 5.20. The Hall–Kier alpha value is -2.18. The molecule has 0 spiro atoms. The zero-order chi connectivity index (χ0) is 18.1. The number of carbonyl (C=O) groups is 2. The molecule has 2 aliphatic rings. The Morgan fingerprint density at radius 2 is 1.81 bits per heavy atom. The number of carbonyl (C=O) groups excluding carboxylic acids is 2. The molecule has 0 saturated heterocycles. The van der Waals surface area contributed by atoms with Crippen molar-refractivity contribution in [1.29, 1.82) is 0 Å². The third-order valence-corrected chi connectivity index (χ3v) is 6.19. The minimum atomic E-state index is -0.102. The number of thiophene rings is 1. The van der Waals surface area contributed by atoms with Crippen molar-refractivity contribution >= 4 is 34.5 Å². The zero-order valence-corrected chi connectivity index (χ0v) is 15.7. The lowest BCUT2D eigenvalue weighted by Crippen LogP contribution is -3.14. The molecule has 1 aromatic carbocycles. The highest BCUT2D eigenvalue weighted by atomic mass is 32.1. The molecule has 6 heteroatoms. The fourth-order valence-corrected chi connectivity index (χ4v) is 4.88. The van der Waals surface area contributed by atoms with E-state index in [1.807, 2.05) is 23.5 Å². The van der Waals surface area contributed by atoms with Gasteiger partial charge >= 0.3 is 0 Å². The van der Waals surface area contributed by atoms with Crippen LogP contribution in [0.5, 0.6) is 0 Å². The molecule has 1 aliphatic carbocycles. The summed E-state index contributed by atoms with van der Waals surface area (Å²) < 4.78 is 0. The van der Waals surface area contributed by atoms with Crippen LogP contribution in [0, 0.1) is 5.92 Å². The van der Waals surface area contributed by atoms with Gasteiger partial charge in [-0.05, 0) is 48.6 Å². The molecule has 1 unspecified atom stereocenters. The lowest BCUT2D eigenvalue weighted by atomic mass is 9.96. The molecule has 2 heterocycles. The number of fused-ring (bicyclic) bond motifs is 1. The monoisotopic (exact) mass is 370 g/mol. The van der Waals surface area contributed by atoms with Crippen LogP contribution in [0.15, 0.2) is 35.7 Å². The van der Waals surface area contributed by atoms with E-state index in [1.165, 1.54) is 35.1 Å². The van der Waals surface area contributed by atoms with Gasteiger partial charge in [0.05, 0.1) is 6.54 Å². The van der Waals surface area contributed by atoms with Gasteiger partial charge in [0.25, 0.3) is 5.91 Å². The molecule has 136 valence electrons. The van der Waals surface area contributed by atoms with E-state index >= 15 is 0 Å². The summed E-state index contributed by atoms with van der Waals surface area (Å²) in [5.74, 6) is 0.689. The van der Waals surface area contributed by atoms with Gasteiger partial charge in [-0.2, -0.15) is 0 Å². The first-order valence-corrected chi connectivity index (χ1v) is 10.1. The summed E-state index contributed by atoms with van der Waals surface area (Å²) in [4.78, 5) is 26.6. The fraction of sp³-hybridized carbons (Fsp3) is 0.400. The van der Waals surface area contributed by atoms with Gasteiger partial charge in [-0.3, -0.25) is 9.59 Å². The SMILES string of the molecule is CC(=O)Nc1ccc(NC(=O)C[NH+]2CCc3sccc3[C@H]2C2CC2)cc1. The number of benzene rings is 1. The molecule has 26 heavy (non-hydrogen) atoms. The van der Waals surface area contributed by atoms with Crippen molar-refractivity contribution in [3.05, 3.63) is 46.2 Å². The molecule has 0 radical (unpaired) electrons. The number of nitrogens with one attached hydrogen (secondary N) is 3. The predicted octanol–water partition coefficient (Wildman–Crippen LogP) is 2.24. The molecule has 1 aliphatic heterocycles. The van der Waals surface area contributed by atoms with Gasteiger partial charge in [-0.1, -0.05) is 0 Å². The van der Waals surface area contributed by atoms with Gasteiger partial charge in [0.1, 0.15) is 6.04 Å². The second-order valence-electron chi connectivity index (χ2n) is 7.26. The smallest absolute Gasteiger partial charge is 0.279 e. The fourth-order valence-electron chi connectivity index (χ4n) is 3.95. The Balaban J connectivity index is 1.39. The van der Waals surface area contributed by atoms with E-state index in [9.17, 15) is 9.59 Å². The topological polar surface area (TPSA) is 62.6 Å². The van der Waals surface area contributed by atoms with Gasteiger partial charge in [0.15, 0.2) is 6.54 Å². The Morgan fingerprint density at radius 1 is 1.12 bits per heavy atom. The molecule has 0 bridgehead atoms. The third kappa shape index (κ3) is 3.81. The molecule has 5 nitrogen and oxygen atoms in total. The maximum absolute atomic E-state index is 12.6. The van der Waals surface area contributed by atoms with E-state index in [1.54, 1.807) is 12.1 Å². The minimum absolute atomic E-state index is 0.0524. The first-order valence-electron chi connectivity index (χ1n) is 9.18. The summed E-state index contributed by atoms with van der Waals surface area (Å²) in [6.45, 7) is 3.01. The molecule has 2 atom stereocenters. The van der Waals surface area contributed by atoms with Crippen molar-refractivity contribution in [2.24, 2.45) is 5.92 Å². The molecule has 1 aromatic heterocycles. The standard InChI is InChI=1S/C20H23N3O2S/c1-13(24)21-15-4-6-16(7-5-15)22-19(25)12-23-10-8-18-17(9-11-26-18)20(23)14-2-3-14/h4-7,9,11,14,20H,2-3,8,10,12H2,1H3,(H,21,24)(H,22,25)/p+1/t20-/m1/s1. The van der Waals surface area contributed by atoms with Crippen molar-refractivity contribution in [1.82, 2.24) is 0 Å². The summed E-state index contributed by atoms with van der Waals surface area (Å²) in [5, 5.41) is 7.92. The van der Waals surface area contributed by atoms with Crippen LogP contribution in [-0.4, -0.2) is 24.9 Å². The Kier molecular flexibility index (Phi) is 4.78. The molecule has 2 amide bonds. The second-order valence-corrected chi connectivity index (χ2v) is 8.26.